The lowest BCUT2D eigenvalue weighted by Gasteiger charge is -2.32. The van der Waals surface area contributed by atoms with Crippen LogP contribution in [0.3, 0.4) is 0 Å². The molecule has 0 aromatic carbocycles. The van der Waals surface area contributed by atoms with Crippen molar-refractivity contribution in [3.63, 3.8) is 0 Å². The summed E-state index contributed by atoms with van der Waals surface area (Å²) in [5.41, 5.74) is 1.23. The largest absolute Gasteiger partial charge is 0.276 e. The van der Waals surface area contributed by atoms with Gasteiger partial charge in [0.25, 0.3) is 0 Å². The zero-order chi connectivity index (χ0) is 10.8. The van der Waals surface area contributed by atoms with Crippen molar-refractivity contribution < 1.29 is 0 Å². The highest BCUT2D eigenvalue weighted by Crippen LogP contribution is 2.40. The van der Waals surface area contributed by atoms with E-state index in [0.717, 1.165) is 12.3 Å². The van der Waals surface area contributed by atoms with Crippen LogP contribution in [0.5, 0.6) is 0 Å². The van der Waals surface area contributed by atoms with Gasteiger partial charge in [-0.25, -0.2) is 0 Å². The molecule has 1 saturated carbocycles. The summed E-state index contributed by atoms with van der Waals surface area (Å²) in [6.07, 6.45) is 6.79. The van der Waals surface area contributed by atoms with Crippen molar-refractivity contribution in [2.75, 3.05) is 0 Å². The van der Waals surface area contributed by atoms with Gasteiger partial charge in [-0.15, -0.1) is 11.6 Å². The molecule has 0 spiro atoms. The van der Waals surface area contributed by atoms with E-state index in [2.05, 4.69) is 18.1 Å². The summed E-state index contributed by atoms with van der Waals surface area (Å²) in [6.45, 7) is 2.27. The smallest absolute Gasteiger partial charge is 0.0658 e. The first kappa shape index (κ1) is 11.0. The number of aromatic nitrogens is 2. The van der Waals surface area contributed by atoms with Gasteiger partial charge < -0.3 is 0 Å². The molecule has 1 aromatic rings. The van der Waals surface area contributed by atoms with Gasteiger partial charge in [-0.1, -0.05) is 13.3 Å². The van der Waals surface area contributed by atoms with Crippen LogP contribution in [0.4, 0.5) is 0 Å². The zero-order valence-corrected chi connectivity index (χ0v) is 10.2. The number of hydrogen-bond acceptors (Lipinski definition) is 1. The molecule has 0 saturated heterocycles. The second kappa shape index (κ2) is 4.56. The predicted octanol–water partition coefficient (Wildman–Crippen LogP) is 3.32. The fourth-order valence-electron chi connectivity index (χ4n) is 2.66. The quantitative estimate of drug-likeness (QED) is 0.708. The predicted molar refractivity (Wildman–Crippen MR) is 63.2 cm³/mol. The summed E-state index contributed by atoms with van der Waals surface area (Å²) in [5.74, 6) is 1.35. The zero-order valence-electron chi connectivity index (χ0n) is 9.49. The van der Waals surface area contributed by atoms with Crippen LogP contribution in [0.2, 0.25) is 0 Å². The normalized spacial score (nSPS) is 31.8. The SMILES string of the molecule is CCC1CCC(Cl)CC1c1ccn(C)n1. The molecule has 1 aliphatic carbocycles. The second-order valence-corrected chi connectivity index (χ2v) is 5.22. The van der Waals surface area contributed by atoms with Crippen LogP contribution in [0.15, 0.2) is 12.3 Å². The molecule has 1 aromatic heterocycles. The van der Waals surface area contributed by atoms with Gasteiger partial charge in [-0.3, -0.25) is 4.68 Å². The minimum atomic E-state index is 0.347. The van der Waals surface area contributed by atoms with Gasteiger partial charge >= 0.3 is 0 Å². The molecule has 0 radical (unpaired) electrons. The minimum absolute atomic E-state index is 0.347. The van der Waals surface area contributed by atoms with E-state index >= 15 is 0 Å². The maximum absolute atomic E-state index is 6.26. The van der Waals surface area contributed by atoms with Gasteiger partial charge in [0.15, 0.2) is 0 Å². The van der Waals surface area contributed by atoms with Crippen LogP contribution < -0.4 is 0 Å². The first-order valence-corrected chi connectivity index (χ1v) is 6.28. The Bertz CT molecular complexity index is 321. The number of hydrogen-bond donors (Lipinski definition) is 0. The van der Waals surface area contributed by atoms with E-state index in [1.807, 2.05) is 17.9 Å². The van der Waals surface area contributed by atoms with Crippen molar-refractivity contribution in [2.24, 2.45) is 13.0 Å². The Morgan fingerprint density at radius 2 is 2.33 bits per heavy atom. The third-order valence-electron chi connectivity index (χ3n) is 3.57. The van der Waals surface area contributed by atoms with Crippen LogP contribution in [0, 0.1) is 5.92 Å². The van der Waals surface area contributed by atoms with E-state index in [1.165, 1.54) is 25.0 Å². The van der Waals surface area contributed by atoms with Crippen molar-refractivity contribution in [1.29, 1.82) is 0 Å². The molecule has 3 heteroatoms. The molecule has 1 fully saturated rings. The molecule has 15 heavy (non-hydrogen) atoms. The Kier molecular flexibility index (Phi) is 3.35. The minimum Gasteiger partial charge on any atom is -0.276 e. The van der Waals surface area contributed by atoms with Crippen LogP contribution in [-0.4, -0.2) is 15.2 Å². The lowest BCUT2D eigenvalue weighted by Crippen LogP contribution is -2.23. The molecule has 3 atom stereocenters. The van der Waals surface area contributed by atoms with E-state index < -0.39 is 0 Å². The third kappa shape index (κ3) is 2.36. The van der Waals surface area contributed by atoms with Crippen LogP contribution >= 0.6 is 11.6 Å². The first-order chi connectivity index (χ1) is 7.20. The fourth-order valence-corrected chi connectivity index (χ4v) is 2.98. The van der Waals surface area contributed by atoms with Gasteiger partial charge in [0.2, 0.25) is 0 Å². The van der Waals surface area contributed by atoms with Crippen LogP contribution in [0.25, 0.3) is 0 Å². The molecule has 0 bridgehead atoms. The molecule has 84 valence electrons. The Morgan fingerprint density at radius 3 is 2.93 bits per heavy atom. The number of alkyl halides is 1. The second-order valence-electron chi connectivity index (χ2n) is 4.60. The number of rotatable bonds is 2. The highest BCUT2D eigenvalue weighted by atomic mass is 35.5. The molecule has 0 aliphatic heterocycles. The Labute approximate surface area is 96.6 Å². The molecule has 2 rings (SSSR count). The summed E-state index contributed by atoms with van der Waals surface area (Å²) in [6, 6.07) is 2.14. The van der Waals surface area contributed by atoms with Gasteiger partial charge in [0, 0.05) is 24.5 Å². The van der Waals surface area contributed by atoms with Crippen LogP contribution in [0.1, 0.15) is 44.2 Å². The summed E-state index contributed by atoms with van der Waals surface area (Å²) < 4.78 is 1.89. The summed E-state index contributed by atoms with van der Waals surface area (Å²) in [7, 11) is 1.98. The molecule has 0 N–H and O–H groups in total. The highest BCUT2D eigenvalue weighted by molar-refractivity contribution is 6.20. The van der Waals surface area contributed by atoms with E-state index in [9.17, 15) is 0 Å². The first-order valence-electron chi connectivity index (χ1n) is 5.84. The summed E-state index contributed by atoms with van der Waals surface area (Å²) in [4.78, 5) is 0. The number of aryl methyl sites for hydroxylation is 1. The monoisotopic (exact) mass is 226 g/mol. The number of halogens is 1. The molecular formula is C12H19ClN2. The maximum Gasteiger partial charge on any atom is 0.0658 e. The van der Waals surface area contributed by atoms with Crippen molar-refractivity contribution in [2.45, 2.75) is 43.9 Å². The van der Waals surface area contributed by atoms with Gasteiger partial charge in [-0.05, 0) is 31.2 Å². The van der Waals surface area contributed by atoms with E-state index in [4.69, 9.17) is 11.6 Å². The van der Waals surface area contributed by atoms with Crippen molar-refractivity contribution >= 4 is 11.6 Å². The molecule has 1 heterocycles. The third-order valence-corrected chi connectivity index (χ3v) is 3.96. The molecule has 0 amide bonds. The molecule has 2 nitrogen and oxygen atoms in total. The molecule has 1 aliphatic rings. The average Bonchev–Trinajstić information content (AvgIpc) is 2.65. The summed E-state index contributed by atoms with van der Waals surface area (Å²) in [5, 5.41) is 4.87. The Morgan fingerprint density at radius 1 is 1.53 bits per heavy atom. The maximum atomic E-state index is 6.26. The number of nitrogens with zero attached hydrogens (tertiary/aromatic N) is 2. The van der Waals surface area contributed by atoms with E-state index in [-0.39, 0.29) is 0 Å². The lowest BCUT2D eigenvalue weighted by molar-refractivity contribution is 0.297. The van der Waals surface area contributed by atoms with Crippen molar-refractivity contribution in [3.05, 3.63) is 18.0 Å². The summed E-state index contributed by atoms with van der Waals surface area (Å²) >= 11 is 6.26. The van der Waals surface area contributed by atoms with Crippen molar-refractivity contribution in [3.8, 4) is 0 Å². The van der Waals surface area contributed by atoms with E-state index in [0.29, 0.717) is 11.3 Å². The molecular weight excluding hydrogens is 208 g/mol. The Hall–Kier alpha value is -0.500. The average molecular weight is 227 g/mol. The fraction of sp³-hybridized carbons (Fsp3) is 0.750. The lowest BCUT2D eigenvalue weighted by atomic mass is 9.76. The van der Waals surface area contributed by atoms with Gasteiger partial charge in [-0.2, -0.15) is 5.10 Å². The Balaban J connectivity index is 2.16. The van der Waals surface area contributed by atoms with Gasteiger partial charge in [0.05, 0.1) is 5.69 Å². The standard InChI is InChI=1S/C12H19ClN2/c1-3-9-4-5-10(13)8-11(9)12-6-7-15(2)14-12/h6-7,9-11H,3-5,8H2,1-2H3. The van der Waals surface area contributed by atoms with Crippen LogP contribution in [-0.2, 0) is 7.05 Å². The van der Waals surface area contributed by atoms with Crippen molar-refractivity contribution in [1.82, 2.24) is 9.78 Å². The molecule has 3 unspecified atom stereocenters. The van der Waals surface area contributed by atoms with Gasteiger partial charge in [0.1, 0.15) is 0 Å². The van der Waals surface area contributed by atoms with E-state index in [1.54, 1.807) is 0 Å². The topological polar surface area (TPSA) is 17.8 Å². The highest BCUT2D eigenvalue weighted by Gasteiger charge is 2.30.